The molecule has 3 nitrogen and oxygen atoms in total. The first-order valence-corrected chi connectivity index (χ1v) is 7.88. The Morgan fingerprint density at radius 3 is 2.67 bits per heavy atom. The van der Waals surface area contributed by atoms with Crippen LogP contribution in [-0.4, -0.2) is 15.9 Å². The monoisotopic (exact) mass is 265 g/mol. The summed E-state index contributed by atoms with van der Waals surface area (Å²) in [5.41, 5.74) is 0.0584. The number of fused-ring (bicyclic) bond motifs is 2. The first-order valence-electron chi connectivity index (χ1n) is 7.10. The molecule has 1 heterocycles. The van der Waals surface area contributed by atoms with Gasteiger partial charge in [0.25, 0.3) is 0 Å². The van der Waals surface area contributed by atoms with Crippen molar-refractivity contribution in [1.82, 2.24) is 9.36 Å². The van der Waals surface area contributed by atoms with Gasteiger partial charge in [-0.15, -0.1) is 0 Å². The maximum absolute atomic E-state index is 4.60. The van der Waals surface area contributed by atoms with Gasteiger partial charge in [-0.2, -0.15) is 4.37 Å². The fourth-order valence-electron chi connectivity index (χ4n) is 3.44. The zero-order valence-corrected chi connectivity index (χ0v) is 12.4. The normalized spacial score (nSPS) is 30.9. The van der Waals surface area contributed by atoms with E-state index < -0.39 is 0 Å². The molecule has 2 fully saturated rings. The predicted molar refractivity (Wildman–Crippen MR) is 76.0 cm³/mol. The van der Waals surface area contributed by atoms with Gasteiger partial charge in [0.05, 0.1) is 0 Å². The van der Waals surface area contributed by atoms with E-state index >= 15 is 0 Å². The summed E-state index contributed by atoms with van der Waals surface area (Å²) in [6, 6.07) is 0. The average molecular weight is 265 g/mol. The summed E-state index contributed by atoms with van der Waals surface area (Å²) < 4.78 is 4.45. The Hall–Kier alpha value is -0.640. The Morgan fingerprint density at radius 2 is 2.11 bits per heavy atom. The molecule has 100 valence electrons. The molecule has 2 bridgehead atoms. The van der Waals surface area contributed by atoms with Crippen LogP contribution in [0.3, 0.4) is 0 Å². The van der Waals surface area contributed by atoms with E-state index in [1.807, 2.05) is 0 Å². The van der Waals surface area contributed by atoms with Gasteiger partial charge >= 0.3 is 0 Å². The topological polar surface area (TPSA) is 37.8 Å². The SMILES string of the molecule is CC(C)(C)c1nsc(NCC2CC3CCC2C3)n1. The summed E-state index contributed by atoms with van der Waals surface area (Å²) in [5, 5.41) is 4.51. The number of nitrogens with zero attached hydrogens (tertiary/aromatic N) is 2. The Balaban J connectivity index is 1.56. The third-order valence-electron chi connectivity index (χ3n) is 4.50. The number of hydrogen-bond donors (Lipinski definition) is 1. The molecule has 3 unspecified atom stereocenters. The Kier molecular flexibility index (Phi) is 3.08. The van der Waals surface area contributed by atoms with Crippen LogP contribution in [0.2, 0.25) is 0 Å². The Morgan fingerprint density at radius 1 is 1.28 bits per heavy atom. The van der Waals surface area contributed by atoms with Crippen molar-refractivity contribution in [2.75, 3.05) is 11.9 Å². The molecular weight excluding hydrogens is 242 g/mol. The Labute approximate surface area is 114 Å². The van der Waals surface area contributed by atoms with Crippen LogP contribution >= 0.6 is 11.5 Å². The van der Waals surface area contributed by atoms with Gasteiger partial charge in [0.15, 0.2) is 0 Å². The summed E-state index contributed by atoms with van der Waals surface area (Å²) >= 11 is 1.51. The van der Waals surface area contributed by atoms with Gasteiger partial charge in [0, 0.05) is 23.5 Å². The van der Waals surface area contributed by atoms with Crippen molar-refractivity contribution < 1.29 is 0 Å². The van der Waals surface area contributed by atoms with Crippen LogP contribution < -0.4 is 5.32 Å². The van der Waals surface area contributed by atoms with Gasteiger partial charge in [0.2, 0.25) is 5.13 Å². The number of rotatable bonds is 3. The molecule has 2 aliphatic rings. The van der Waals surface area contributed by atoms with Crippen LogP contribution in [0.15, 0.2) is 0 Å². The second-order valence-electron chi connectivity index (χ2n) is 6.99. The highest BCUT2D eigenvalue weighted by Gasteiger charge is 2.39. The lowest BCUT2D eigenvalue weighted by atomic mass is 9.89. The average Bonchev–Trinajstić information content (AvgIpc) is 3.01. The molecule has 0 spiro atoms. The van der Waals surface area contributed by atoms with Crippen molar-refractivity contribution >= 4 is 16.7 Å². The van der Waals surface area contributed by atoms with Crippen LogP contribution in [0, 0.1) is 17.8 Å². The van der Waals surface area contributed by atoms with E-state index in [0.717, 1.165) is 35.3 Å². The van der Waals surface area contributed by atoms with Crippen molar-refractivity contribution in [3.8, 4) is 0 Å². The quantitative estimate of drug-likeness (QED) is 0.906. The maximum atomic E-state index is 4.60. The molecule has 4 heteroatoms. The van der Waals surface area contributed by atoms with Gasteiger partial charge < -0.3 is 5.32 Å². The standard InChI is InChI=1S/C14H23N3S/c1-14(2,3)12-16-13(18-17-12)15-8-11-7-9-4-5-10(11)6-9/h9-11H,4-8H2,1-3H3,(H,15,16,17). The third kappa shape index (κ3) is 2.40. The molecule has 2 saturated carbocycles. The van der Waals surface area contributed by atoms with E-state index in [9.17, 15) is 0 Å². The molecule has 0 aromatic carbocycles. The fraction of sp³-hybridized carbons (Fsp3) is 0.857. The van der Waals surface area contributed by atoms with Gasteiger partial charge in [-0.05, 0) is 37.0 Å². The van der Waals surface area contributed by atoms with E-state index in [2.05, 4.69) is 35.4 Å². The summed E-state index contributed by atoms with van der Waals surface area (Å²) in [4.78, 5) is 4.60. The van der Waals surface area contributed by atoms with Crippen LogP contribution in [0.5, 0.6) is 0 Å². The molecule has 0 saturated heterocycles. The lowest BCUT2D eigenvalue weighted by Crippen LogP contribution is -2.20. The van der Waals surface area contributed by atoms with Crippen molar-refractivity contribution in [3.05, 3.63) is 5.82 Å². The van der Waals surface area contributed by atoms with E-state index in [0.29, 0.717) is 0 Å². The van der Waals surface area contributed by atoms with Crippen molar-refractivity contribution in [3.63, 3.8) is 0 Å². The molecular formula is C14H23N3S. The first kappa shape index (κ1) is 12.4. The largest absolute Gasteiger partial charge is 0.360 e. The fourth-order valence-corrected chi connectivity index (χ4v) is 4.21. The maximum Gasteiger partial charge on any atom is 0.202 e. The third-order valence-corrected chi connectivity index (χ3v) is 5.17. The summed E-state index contributed by atoms with van der Waals surface area (Å²) in [7, 11) is 0. The van der Waals surface area contributed by atoms with E-state index in [-0.39, 0.29) is 5.41 Å². The minimum absolute atomic E-state index is 0.0584. The number of aromatic nitrogens is 2. The minimum atomic E-state index is 0.0584. The zero-order valence-electron chi connectivity index (χ0n) is 11.6. The van der Waals surface area contributed by atoms with E-state index in [1.165, 1.54) is 37.2 Å². The molecule has 0 radical (unpaired) electrons. The van der Waals surface area contributed by atoms with Gasteiger partial charge in [-0.1, -0.05) is 27.2 Å². The van der Waals surface area contributed by atoms with Crippen LogP contribution in [-0.2, 0) is 5.41 Å². The highest BCUT2D eigenvalue weighted by atomic mass is 32.1. The first-order chi connectivity index (χ1) is 8.52. The number of nitrogens with one attached hydrogen (secondary N) is 1. The number of anilines is 1. The second kappa shape index (κ2) is 4.48. The summed E-state index contributed by atoms with van der Waals surface area (Å²) in [5.74, 6) is 3.85. The smallest absolute Gasteiger partial charge is 0.202 e. The van der Waals surface area contributed by atoms with Crippen LogP contribution in [0.25, 0.3) is 0 Å². The van der Waals surface area contributed by atoms with Crippen molar-refractivity contribution in [2.45, 2.75) is 51.9 Å². The van der Waals surface area contributed by atoms with Gasteiger partial charge in [0.1, 0.15) is 5.82 Å². The molecule has 0 aliphatic heterocycles. The highest BCUT2D eigenvalue weighted by Crippen LogP contribution is 2.48. The number of hydrogen-bond acceptors (Lipinski definition) is 4. The predicted octanol–water partition coefficient (Wildman–Crippen LogP) is 3.68. The van der Waals surface area contributed by atoms with Gasteiger partial charge in [-0.25, -0.2) is 4.98 Å². The lowest BCUT2D eigenvalue weighted by molar-refractivity contribution is 0.348. The molecule has 3 atom stereocenters. The molecule has 2 aliphatic carbocycles. The minimum Gasteiger partial charge on any atom is -0.360 e. The molecule has 0 amide bonds. The molecule has 1 aromatic rings. The molecule has 3 rings (SSSR count). The highest BCUT2D eigenvalue weighted by molar-refractivity contribution is 7.09. The van der Waals surface area contributed by atoms with E-state index in [1.54, 1.807) is 0 Å². The van der Waals surface area contributed by atoms with Crippen LogP contribution in [0.1, 0.15) is 52.3 Å². The van der Waals surface area contributed by atoms with Crippen LogP contribution in [0.4, 0.5) is 5.13 Å². The Bertz CT molecular complexity index is 421. The molecule has 18 heavy (non-hydrogen) atoms. The second-order valence-corrected chi connectivity index (χ2v) is 7.74. The molecule has 1 N–H and O–H groups in total. The van der Waals surface area contributed by atoms with E-state index in [4.69, 9.17) is 0 Å². The lowest BCUT2D eigenvalue weighted by Gasteiger charge is -2.21. The zero-order chi connectivity index (χ0) is 12.8. The van der Waals surface area contributed by atoms with Gasteiger partial charge in [-0.3, -0.25) is 0 Å². The van der Waals surface area contributed by atoms with Crippen molar-refractivity contribution in [2.24, 2.45) is 17.8 Å². The summed E-state index contributed by atoms with van der Waals surface area (Å²) in [6.07, 6.45) is 5.85. The molecule has 1 aromatic heterocycles. The van der Waals surface area contributed by atoms with Crippen molar-refractivity contribution in [1.29, 1.82) is 0 Å². The summed E-state index contributed by atoms with van der Waals surface area (Å²) in [6.45, 7) is 7.58.